The molecule has 33 heavy (non-hydrogen) atoms. The lowest BCUT2D eigenvalue weighted by molar-refractivity contribution is -0.140. The summed E-state index contributed by atoms with van der Waals surface area (Å²) in [6, 6.07) is 10.3. The minimum atomic E-state index is -1.05. The van der Waals surface area contributed by atoms with E-state index in [0.717, 1.165) is 6.07 Å². The number of hydrogen-bond acceptors (Lipinski definition) is 7. The fraction of sp³-hybridized carbons (Fsp3) is 0.167. The van der Waals surface area contributed by atoms with Crippen LogP contribution in [0.25, 0.3) is 5.76 Å². The minimum absolute atomic E-state index is 0.0000388. The summed E-state index contributed by atoms with van der Waals surface area (Å²) in [4.78, 5) is 27.2. The van der Waals surface area contributed by atoms with Crippen molar-refractivity contribution in [1.82, 2.24) is 4.90 Å². The van der Waals surface area contributed by atoms with Gasteiger partial charge in [-0.2, -0.15) is 0 Å². The maximum atomic E-state index is 14.3. The number of amides is 1. The van der Waals surface area contributed by atoms with Crippen molar-refractivity contribution >= 4 is 17.4 Å². The number of carbonyl (C=O) groups excluding carboxylic acids is 2. The second-order valence-electron chi connectivity index (χ2n) is 7.29. The van der Waals surface area contributed by atoms with Crippen molar-refractivity contribution in [2.75, 3.05) is 14.2 Å². The summed E-state index contributed by atoms with van der Waals surface area (Å²) >= 11 is 0. The molecule has 2 N–H and O–H groups in total. The highest BCUT2D eigenvalue weighted by atomic mass is 19.1. The normalized spacial score (nSPS) is 17.4. The second-order valence-corrected chi connectivity index (χ2v) is 7.29. The molecule has 8 nitrogen and oxygen atoms in total. The summed E-state index contributed by atoms with van der Waals surface area (Å²) < 4.78 is 29.7. The van der Waals surface area contributed by atoms with Crippen LogP contribution in [0, 0.1) is 5.82 Å². The second kappa shape index (κ2) is 8.70. The molecule has 9 heteroatoms. The highest BCUT2D eigenvalue weighted by Gasteiger charge is 2.46. The highest BCUT2D eigenvalue weighted by molar-refractivity contribution is 6.46. The Hall–Kier alpha value is -4.27. The predicted octanol–water partition coefficient (Wildman–Crippen LogP) is 3.76. The summed E-state index contributed by atoms with van der Waals surface area (Å²) in [5, 5.41) is 21.0. The third kappa shape index (κ3) is 3.89. The molecule has 1 amide bonds. The Morgan fingerprint density at radius 1 is 1.09 bits per heavy atom. The predicted molar refractivity (Wildman–Crippen MR) is 114 cm³/mol. The molecular weight excluding hydrogens is 433 g/mol. The molecule has 1 atom stereocenters. The van der Waals surface area contributed by atoms with Gasteiger partial charge in [0.05, 0.1) is 38.6 Å². The van der Waals surface area contributed by atoms with Gasteiger partial charge in [-0.25, -0.2) is 4.39 Å². The first-order chi connectivity index (χ1) is 15.8. The van der Waals surface area contributed by atoms with Gasteiger partial charge in [-0.1, -0.05) is 6.07 Å². The van der Waals surface area contributed by atoms with Gasteiger partial charge >= 0.3 is 0 Å². The van der Waals surface area contributed by atoms with Gasteiger partial charge in [0.25, 0.3) is 11.7 Å². The Balaban J connectivity index is 1.89. The van der Waals surface area contributed by atoms with Crippen LogP contribution >= 0.6 is 0 Å². The van der Waals surface area contributed by atoms with E-state index in [2.05, 4.69) is 0 Å². The number of ether oxygens (including phenoxy) is 2. The molecule has 1 aromatic heterocycles. The van der Waals surface area contributed by atoms with E-state index < -0.39 is 29.3 Å². The van der Waals surface area contributed by atoms with Crippen molar-refractivity contribution in [3.05, 3.63) is 83.1 Å². The summed E-state index contributed by atoms with van der Waals surface area (Å²) in [6.07, 6.45) is 1.44. The number of benzene rings is 2. The van der Waals surface area contributed by atoms with Crippen LogP contribution in [0.1, 0.15) is 22.9 Å². The number of aliphatic hydroxyl groups excluding tert-OH is 1. The van der Waals surface area contributed by atoms with Gasteiger partial charge < -0.3 is 29.0 Å². The van der Waals surface area contributed by atoms with Crippen molar-refractivity contribution < 1.29 is 38.1 Å². The third-order valence-electron chi connectivity index (χ3n) is 5.39. The van der Waals surface area contributed by atoms with Gasteiger partial charge in [-0.3, -0.25) is 9.59 Å². The van der Waals surface area contributed by atoms with Crippen molar-refractivity contribution in [3.63, 3.8) is 0 Å². The standard InChI is InChI=1S/C24H20FNO7/c1-31-18-8-6-14(10-16(18)25)22(28)20-21(13-5-7-17(27)19(11-13)32-2)26(24(30)23(20)29)12-15-4-3-9-33-15/h3-11,21,27-28H,12H2,1-2H3. The van der Waals surface area contributed by atoms with E-state index in [1.807, 2.05) is 0 Å². The van der Waals surface area contributed by atoms with Gasteiger partial charge in [-0.05, 0) is 48.0 Å². The number of ketones is 1. The number of furan rings is 1. The van der Waals surface area contributed by atoms with Crippen LogP contribution in [0.3, 0.4) is 0 Å². The largest absolute Gasteiger partial charge is 0.507 e. The van der Waals surface area contributed by atoms with E-state index in [9.17, 15) is 24.2 Å². The Bertz CT molecular complexity index is 1250. The van der Waals surface area contributed by atoms with Crippen molar-refractivity contribution in [2.24, 2.45) is 0 Å². The van der Waals surface area contributed by atoms with Crippen LogP contribution in [-0.4, -0.2) is 41.0 Å². The van der Waals surface area contributed by atoms with Crippen LogP contribution in [0.15, 0.2) is 64.8 Å². The molecular formula is C24H20FNO7. The Morgan fingerprint density at radius 3 is 2.48 bits per heavy atom. The molecule has 3 aromatic rings. The Morgan fingerprint density at radius 2 is 1.85 bits per heavy atom. The van der Waals surface area contributed by atoms with Crippen molar-refractivity contribution in [2.45, 2.75) is 12.6 Å². The quantitative estimate of drug-likeness (QED) is 0.332. The summed E-state index contributed by atoms with van der Waals surface area (Å²) in [7, 11) is 2.66. The summed E-state index contributed by atoms with van der Waals surface area (Å²) in [5.41, 5.74) is 0.162. The molecule has 0 saturated carbocycles. The number of Topliss-reactive ketones (excluding diaryl/α,β-unsaturated/α-hetero) is 1. The van der Waals surface area contributed by atoms with Gasteiger partial charge in [0, 0.05) is 5.56 Å². The van der Waals surface area contributed by atoms with E-state index >= 15 is 0 Å². The highest BCUT2D eigenvalue weighted by Crippen LogP contribution is 2.42. The molecule has 170 valence electrons. The summed E-state index contributed by atoms with van der Waals surface area (Å²) in [5.74, 6) is -2.73. The molecule has 1 aliphatic heterocycles. The maximum absolute atomic E-state index is 14.3. The smallest absolute Gasteiger partial charge is 0.296 e. The zero-order chi connectivity index (χ0) is 23.7. The monoisotopic (exact) mass is 453 g/mol. The molecule has 2 aromatic carbocycles. The number of aliphatic hydroxyl groups is 1. The number of rotatable bonds is 6. The SMILES string of the molecule is COc1cc(C2C(=C(O)c3ccc(OC)c(F)c3)C(=O)C(=O)N2Cc2ccco2)ccc1O. The molecule has 0 radical (unpaired) electrons. The zero-order valence-electron chi connectivity index (χ0n) is 17.7. The maximum Gasteiger partial charge on any atom is 0.296 e. The molecule has 1 fully saturated rings. The molecule has 0 spiro atoms. The molecule has 2 heterocycles. The molecule has 0 bridgehead atoms. The number of phenols is 1. The van der Waals surface area contributed by atoms with Crippen LogP contribution in [0.5, 0.6) is 17.2 Å². The van der Waals surface area contributed by atoms with Crippen LogP contribution in [-0.2, 0) is 16.1 Å². The minimum Gasteiger partial charge on any atom is -0.507 e. The number of halogens is 1. The van der Waals surface area contributed by atoms with E-state index in [1.54, 1.807) is 12.1 Å². The molecule has 1 saturated heterocycles. The number of methoxy groups -OCH3 is 2. The average Bonchev–Trinajstić information content (AvgIpc) is 3.41. The number of carbonyl (C=O) groups is 2. The average molecular weight is 453 g/mol. The van der Waals surface area contributed by atoms with Gasteiger partial charge in [0.2, 0.25) is 0 Å². The summed E-state index contributed by atoms with van der Waals surface area (Å²) in [6.45, 7) is -0.0564. The first kappa shape index (κ1) is 21.9. The first-order valence-electron chi connectivity index (χ1n) is 9.87. The zero-order valence-corrected chi connectivity index (χ0v) is 17.7. The van der Waals surface area contributed by atoms with E-state index in [0.29, 0.717) is 11.3 Å². The van der Waals surface area contributed by atoms with Crippen molar-refractivity contribution in [1.29, 1.82) is 0 Å². The fourth-order valence-electron chi connectivity index (χ4n) is 3.79. The number of nitrogens with zero attached hydrogens (tertiary/aromatic N) is 1. The van der Waals surface area contributed by atoms with Crippen molar-refractivity contribution in [3.8, 4) is 17.2 Å². The topological polar surface area (TPSA) is 109 Å². The van der Waals surface area contributed by atoms with Gasteiger partial charge in [-0.15, -0.1) is 0 Å². The van der Waals surface area contributed by atoms with Crippen LogP contribution in [0.2, 0.25) is 0 Å². The number of phenolic OH excluding ortho intramolecular Hbond substituents is 1. The van der Waals surface area contributed by atoms with Crippen LogP contribution in [0.4, 0.5) is 4.39 Å². The van der Waals surface area contributed by atoms with E-state index in [4.69, 9.17) is 13.9 Å². The van der Waals surface area contributed by atoms with E-state index in [-0.39, 0.29) is 34.9 Å². The lowest BCUT2D eigenvalue weighted by Gasteiger charge is -2.25. The molecule has 1 aliphatic rings. The number of aromatic hydroxyl groups is 1. The lowest BCUT2D eigenvalue weighted by atomic mass is 9.95. The third-order valence-corrected chi connectivity index (χ3v) is 5.39. The van der Waals surface area contributed by atoms with Gasteiger partial charge in [0.1, 0.15) is 11.5 Å². The lowest BCUT2D eigenvalue weighted by Crippen LogP contribution is -2.29. The molecule has 0 aliphatic carbocycles. The van der Waals surface area contributed by atoms with Crippen LogP contribution < -0.4 is 9.47 Å². The first-order valence-corrected chi connectivity index (χ1v) is 9.87. The van der Waals surface area contributed by atoms with E-state index in [1.165, 1.54) is 55.7 Å². The van der Waals surface area contributed by atoms with Gasteiger partial charge in [0.15, 0.2) is 23.1 Å². The Labute approximate surface area is 188 Å². The molecule has 1 unspecified atom stereocenters. The number of hydrogen-bond donors (Lipinski definition) is 2. The molecule has 4 rings (SSSR count). The number of likely N-dealkylation sites (tertiary alicyclic amines) is 1. The Kier molecular flexibility index (Phi) is 5.78. The fourth-order valence-corrected chi connectivity index (χ4v) is 3.79.